The number of nitrogen functional groups attached to an aromatic ring is 1. The van der Waals surface area contributed by atoms with Crippen molar-refractivity contribution in [3.63, 3.8) is 0 Å². The fraction of sp³-hybridized carbons (Fsp3) is 0.727. The first-order valence-electron chi connectivity index (χ1n) is 5.64. The van der Waals surface area contributed by atoms with Gasteiger partial charge in [-0.05, 0) is 19.3 Å². The zero-order chi connectivity index (χ0) is 12.0. The lowest BCUT2D eigenvalue weighted by molar-refractivity contribution is 0.191. The van der Waals surface area contributed by atoms with Crippen LogP contribution in [0, 0.1) is 0 Å². The summed E-state index contributed by atoms with van der Waals surface area (Å²) in [5.74, 6) is 0.992. The van der Waals surface area contributed by atoms with Crippen LogP contribution >= 0.6 is 0 Å². The number of aryl methyl sites for hydroxylation is 1. The smallest absolute Gasteiger partial charge is 0.149 e. The molecule has 0 amide bonds. The Labute approximate surface area is 97.2 Å². The number of nitrogens with zero attached hydrogens (tertiary/aromatic N) is 3. The van der Waals surface area contributed by atoms with Crippen LogP contribution in [0.15, 0.2) is 6.20 Å². The highest BCUT2D eigenvalue weighted by atomic mass is 16.5. The molecule has 5 heteroatoms. The lowest BCUT2D eigenvalue weighted by atomic mass is 10.2. The van der Waals surface area contributed by atoms with Crippen molar-refractivity contribution in [3.8, 4) is 0 Å². The largest absolute Gasteiger partial charge is 0.394 e. The highest BCUT2D eigenvalue weighted by Crippen LogP contribution is 2.20. The van der Waals surface area contributed by atoms with E-state index in [4.69, 9.17) is 10.5 Å². The van der Waals surface area contributed by atoms with Crippen molar-refractivity contribution in [2.45, 2.75) is 25.8 Å². The van der Waals surface area contributed by atoms with E-state index in [9.17, 15) is 0 Å². The average molecular weight is 226 g/mol. The summed E-state index contributed by atoms with van der Waals surface area (Å²) in [6, 6.07) is 0. The highest BCUT2D eigenvalue weighted by Gasteiger charge is 2.09. The van der Waals surface area contributed by atoms with Gasteiger partial charge >= 0.3 is 0 Å². The van der Waals surface area contributed by atoms with Crippen molar-refractivity contribution < 1.29 is 4.74 Å². The van der Waals surface area contributed by atoms with E-state index in [1.165, 1.54) is 0 Å². The zero-order valence-electron chi connectivity index (χ0n) is 10.4. The van der Waals surface area contributed by atoms with Gasteiger partial charge in [-0.2, -0.15) is 5.10 Å². The fourth-order valence-electron chi connectivity index (χ4n) is 1.73. The number of rotatable bonds is 7. The maximum absolute atomic E-state index is 5.85. The van der Waals surface area contributed by atoms with Gasteiger partial charge < -0.3 is 15.4 Å². The molecule has 0 unspecified atom stereocenters. The van der Waals surface area contributed by atoms with E-state index in [1.54, 1.807) is 13.3 Å². The third-order valence-electron chi connectivity index (χ3n) is 2.48. The predicted molar refractivity (Wildman–Crippen MR) is 66.7 cm³/mol. The number of methoxy groups -OCH3 is 1. The molecule has 0 spiro atoms. The molecule has 1 aromatic heterocycles. The van der Waals surface area contributed by atoms with Crippen molar-refractivity contribution >= 4 is 11.5 Å². The maximum atomic E-state index is 5.85. The minimum absolute atomic E-state index is 0.738. The van der Waals surface area contributed by atoms with Crippen molar-refractivity contribution in [1.29, 1.82) is 0 Å². The molecule has 0 aliphatic heterocycles. The maximum Gasteiger partial charge on any atom is 0.149 e. The number of unbranched alkanes of at least 4 members (excludes halogenated alkanes) is 2. The Hall–Kier alpha value is -1.23. The Kier molecular flexibility index (Phi) is 5.11. The van der Waals surface area contributed by atoms with Gasteiger partial charge in [0.2, 0.25) is 0 Å². The Morgan fingerprint density at radius 1 is 1.38 bits per heavy atom. The minimum atomic E-state index is 0.738. The van der Waals surface area contributed by atoms with E-state index >= 15 is 0 Å². The van der Waals surface area contributed by atoms with Gasteiger partial charge in [0.25, 0.3) is 0 Å². The molecule has 1 rings (SSSR count). The Morgan fingerprint density at radius 3 is 2.75 bits per heavy atom. The summed E-state index contributed by atoms with van der Waals surface area (Å²) in [6.45, 7) is 1.75. The molecule has 2 N–H and O–H groups in total. The predicted octanol–water partition coefficient (Wildman–Crippen LogP) is 1.35. The second-order valence-electron chi connectivity index (χ2n) is 4.09. The number of ether oxygens (including phenoxy) is 1. The van der Waals surface area contributed by atoms with Crippen molar-refractivity contribution in [2.75, 3.05) is 38.4 Å². The van der Waals surface area contributed by atoms with E-state index in [-0.39, 0.29) is 0 Å². The second kappa shape index (κ2) is 6.37. The summed E-state index contributed by atoms with van der Waals surface area (Å²) in [7, 11) is 5.70. The topological polar surface area (TPSA) is 56.3 Å². The van der Waals surface area contributed by atoms with Gasteiger partial charge in [0.1, 0.15) is 5.82 Å². The van der Waals surface area contributed by atoms with Gasteiger partial charge in [-0.25, -0.2) is 4.68 Å². The molecule has 0 fully saturated rings. The van der Waals surface area contributed by atoms with Gasteiger partial charge in [-0.1, -0.05) is 0 Å². The summed E-state index contributed by atoms with van der Waals surface area (Å²) in [6.07, 6.45) is 5.07. The highest BCUT2D eigenvalue weighted by molar-refractivity contribution is 5.61. The minimum Gasteiger partial charge on any atom is -0.394 e. The SMILES string of the molecule is COCCCCCn1ncc(N)c1N(C)C. The van der Waals surface area contributed by atoms with Crippen LogP contribution in [-0.4, -0.2) is 37.6 Å². The van der Waals surface area contributed by atoms with E-state index in [2.05, 4.69) is 5.10 Å². The first kappa shape index (κ1) is 12.8. The van der Waals surface area contributed by atoms with E-state index in [1.807, 2.05) is 23.7 Å². The number of nitrogens with two attached hydrogens (primary N) is 1. The lowest BCUT2D eigenvalue weighted by Gasteiger charge is -2.15. The Bertz CT molecular complexity index is 309. The summed E-state index contributed by atoms with van der Waals surface area (Å²) in [5.41, 5.74) is 6.59. The number of hydrogen-bond acceptors (Lipinski definition) is 4. The van der Waals surface area contributed by atoms with Crippen LogP contribution in [0.25, 0.3) is 0 Å². The van der Waals surface area contributed by atoms with Crippen LogP contribution in [0.5, 0.6) is 0 Å². The quantitative estimate of drug-likeness (QED) is 0.713. The normalized spacial score (nSPS) is 10.7. The first-order chi connectivity index (χ1) is 7.66. The zero-order valence-corrected chi connectivity index (χ0v) is 10.4. The fourth-order valence-corrected chi connectivity index (χ4v) is 1.73. The third kappa shape index (κ3) is 3.41. The monoisotopic (exact) mass is 226 g/mol. The molecule has 92 valence electrons. The number of anilines is 2. The van der Waals surface area contributed by atoms with Crippen molar-refractivity contribution in [3.05, 3.63) is 6.20 Å². The van der Waals surface area contributed by atoms with Crippen LogP contribution in [0.2, 0.25) is 0 Å². The molecule has 0 bridgehead atoms. The van der Waals surface area contributed by atoms with E-state index in [0.717, 1.165) is 43.9 Å². The van der Waals surface area contributed by atoms with Crippen LogP contribution < -0.4 is 10.6 Å². The molecule has 0 aliphatic rings. The van der Waals surface area contributed by atoms with Crippen LogP contribution in [-0.2, 0) is 11.3 Å². The van der Waals surface area contributed by atoms with Crippen LogP contribution in [0.1, 0.15) is 19.3 Å². The van der Waals surface area contributed by atoms with Gasteiger partial charge in [0, 0.05) is 34.4 Å². The average Bonchev–Trinajstić information content (AvgIpc) is 2.59. The molecule has 0 saturated carbocycles. The molecular weight excluding hydrogens is 204 g/mol. The van der Waals surface area contributed by atoms with Crippen LogP contribution in [0.3, 0.4) is 0 Å². The second-order valence-corrected chi connectivity index (χ2v) is 4.09. The molecular formula is C11H22N4O. The molecule has 16 heavy (non-hydrogen) atoms. The summed E-state index contributed by atoms with van der Waals surface area (Å²) >= 11 is 0. The van der Waals surface area contributed by atoms with Gasteiger partial charge in [0.15, 0.2) is 0 Å². The third-order valence-corrected chi connectivity index (χ3v) is 2.48. The molecule has 0 aromatic carbocycles. The van der Waals surface area contributed by atoms with Crippen molar-refractivity contribution in [2.24, 2.45) is 0 Å². The molecule has 1 aromatic rings. The summed E-state index contributed by atoms with van der Waals surface area (Å²) < 4.78 is 6.97. The first-order valence-corrected chi connectivity index (χ1v) is 5.64. The summed E-state index contributed by atoms with van der Waals surface area (Å²) in [5, 5.41) is 4.27. The molecule has 0 aliphatic carbocycles. The molecule has 0 saturated heterocycles. The number of aromatic nitrogens is 2. The molecule has 0 atom stereocenters. The number of hydrogen-bond donors (Lipinski definition) is 1. The lowest BCUT2D eigenvalue weighted by Crippen LogP contribution is -2.16. The summed E-state index contributed by atoms with van der Waals surface area (Å²) in [4.78, 5) is 2.00. The van der Waals surface area contributed by atoms with Gasteiger partial charge in [-0.3, -0.25) is 0 Å². The van der Waals surface area contributed by atoms with Crippen molar-refractivity contribution in [1.82, 2.24) is 9.78 Å². The van der Waals surface area contributed by atoms with E-state index in [0.29, 0.717) is 0 Å². The molecule has 1 heterocycles. The Morgan fingerprint density at radius 2 is 2.12 bits per heavy atom. The van der Waals surface area contributed by atoms with Gasteiger partial charge in [-0.15, -0.1) is 0 Å². The Balaban J connectivity index is 2.41. The standard InChI is InChI=1S/C11H22N4O/c1-14(2)11-10(12)9-13-15(11)7-5-4-6-8-16-3/h9H,4-8,12H2,1-3H3. The molecule has 0 radical (unpaired) electrons. The van der Waals surface area contributed by atoms with Crippen LogP contribution in [0.4, 0.5) is 11.5 Å². The van der Waals surface area contributed by atoms with E-state index < -0.39 is 0 Å². The van der Waals surface area contributed by atoms with Gasteiger partial charge in [0.05, 0.1) is 11.9 Å². The molecule has 5 nitrogen and oxygen atoms in total.